The van der Waals surface area contributed by atoms with Crippen molar-refractivity contribution < 1.29 is 22.9 Å². The fraction of sp³-hybridized carbons (Fsp3) is 0.0588. The fourth-order valence-electron chi connectivity index (χ4n) is 2.63. The Morgan fingerprint density at radius 2 is 1.86 bits per heavy atom. The summed E-state index contributed by atoms with van der Waals surface area (Å²) < 4.78 is 32.5. The van der Waals surface area contributed by atoms with E-state index >= 15 is 0 Å². The lowest BCUT2D eigenvalue weighted by Crippen LogP contribution is -2.20. The standard InChI is InChI=1S/C17H12N4O5S2/c22-16(23)13-9-15(19-17-18-12-3-1-2-4-14(12)27-17)21(20-13)10-5-7-11(8-6-10)28(24,25)26/h1-8H,9H2,(H,22,23)(H,24,25,26)/b19-15-. The molecule has 2 aromatic carbocycles. The third kappa shape index (κ3) is 3.50. The molecule has 3 aromatic rings. The van der Waals surface area contributed by atoms with Crippen molar-refractivity contribution in [3.8, 4) is 0 Å². The third-order valence-electron chi connectivity index (χ3n) is 3.92. The minimum atomic E-state index is -4.33. The molecule has 28 heavy (non-hydrogen) atoms. The van der Waals surface area contributed by atoms with Gasteiger partial charge in [0.1, 0.15) is 5.84 Å². The molecular weight excluding hydrogens is 404 g/mol. The lowest BCUT2D eigenvalue weighted by Gasteiger charge is -2.15. The van der Waals surface area contributed by atoms with Gasteiger partial charge in [0.25, 0.3) is 10.1 Å². The number of hydrogen-bond acceptors (Lipinski definition) is 7. The number of aliphatic carboxylic acids is 1. The maximum absolute atomic E-state index is 11.4. The van der Waals surface area contributed by atoms with Crippen LogP contribution >= 0.6 is 11.3 Å². The molecule has 0 fully saturated rings. The zero-order chi connectivity index (χ0) is 19.9. The molecule has 4 rings (SSSR count). The molecule has 1 aliphatic heterocycles. The van der Waals surface area contributed by atoms with Crippen molar-refractivity contribution in [3.63, 3.8) is 0 Å². The summed E-state index contributed by atoms with van der Waals surface area (Å²) in [5, 5.41) is 15.1. The highest BCUT2D eigenvalue weighted by molar-refractivity contribution is 7.85. The zero-order valence-electron chi connectivity index (χ0n) is 14.1. The molecule has 2 heterocycles. The van der Waals surface area contributed by atoms with Gasteiger partial charge in [-0.1, -0.05) is 23.5 Å². The average molecular weight is 416 g/mol. The molecule has 1 aliphatic rings. The first-order valence-electron chi connectivity index (χ1n) is 7.93. The van der Waals surface area contributed by atoms with E-state index in [0.717, 1.165) is 10.2 Å². The van der Waals surface area contributed by atoms with Gasteiger partial charge >= 0.3 is 5.97 Å². The molecule has 0 radical (unpaired) electrons. The van der Waals surface area contributed by atoms with Crippen LogP contribution in [0.2, 0.25) is 0 Å². The monoisotopic (exact) mass is 416 g/mol. The van der Waals surface area contributed by atoms with Gasteiger partial charge in [-0.15, -0.1) is 0 Å². The Balaban J connectivity index is 1.74. The Hall–Kier alpha value is -3.15. The topological polar surface area (TPSA) is 133 Å². The summed E-state index contributed by atoms with van der Waals surface area (Å²) in [6.07, 6.45) is -0.00862. The van der Waals surface area contributed by atoms with Crippen LogP contribution in [0.3, 0.4) is 0 Å². The summed E-state index contributed by atoms with van der Waals surface area (Å²) >= 11 is 1.36. The Morgan fingerprint density at radius 1 is 1.14 bits per heavy atom. The maximum Gasteiger partial charge on any atom is 0.352 e. The van der Waals surface area contributed by atoms with Gasteiger partial charge in [-0.05, 0) is 36.4 Å². The quantitative estimate of drug-likeness (QED) is 0.625. The van der Waals surface area contributed by atoms with Gasteiger partial charge in [-0.3, -0.25) is 4.55 Å². The molecular formula is C17H12N4O5S2. The molecule has 0 spiro atoms. The summed E-state index contributed by atoms with van der Waals surface area (Å²) in [5.74, 6) is -0.829. The lowest BCUT2D eigenvalue weighted by molar-refractivity contribution is -0.129. The van der Waals surface area contributed by atoms with Crippen LogP contribution in [0.15, 0.2) is 63.5 Å². The minimum absolute atomic E-state index is 0.00862. The Morgan fingerprint density at radius 3 is 2.50 bits per heavy atom. The second-order valence-corrected chi connectivity index (χ2v) is 8.23. The number of benzene rings is 2. The van der Waals surface area contributed by atoms with Crippen molar-refractivity contribution in [2.45, 2.75) is 11.3 Å². The van der Waals surface area contributed by atoms with Crippen molar-refractivity contribution in [3.05, 3.63) is 48.5 Å². The van der Waals surface area contributed by atoms with E-state index in [1.807, 2.05) is 24.3 Å². The average Bonchev–Trinajstić information content (AvgIpc) is 3.25. The van der Waals surface area contributed by atoms with E-state index in [9.17, 15) is 18.3 Å². The normalized spacial score (nSPS) is 16.0. The van der Waals surface area contributed by atoms with Crippen molar-refractivity contribution in [1.29, 1.82) is 0 Å². The van der Waals surface area contributed by atoms with Gasteiger partial charge in [-0.25, -0.2) is 19.8 Å². The number of aliphatic imine (C=N–C) groups is 1. The lowest BCUT2D eigenvalue weighted by atomic mass is 10.2. The van der Waals surface area contributed by atoms with Crippen LogP contribution in [0.4, 0.5) is 10.8 Å². The van der Waals surface area contributed by atoms with Crippen LogP contribution in [0.25, 0.3) is 10.2 Å². The highest BCUT2D eigenvalue weighted by atomic mass is 32.2. The molecule has 142 valence electrons. The number of aromatic nitrogens is 1. The molecule has 0 bridgehead atoms. The van der Waals surface area contributed by atoms with Crippen LogP contribution in [-0.2, 0) is 14.9 Å². The molecule has 11 heteroatoms. The smallest absolute Gasteiger partial charge is 0.352 e. The molecule has 0 atom stereocenters. The first-order chi connectivity index (χ1) is 13.3. The number of hydrazone groups is 1. The summed E-state index contributed by atoms with van der Waals surface area (Å²) in [7, 11) is -4.33. The van der Waals surface area contributed by atoms with Crippen LogP contribution in [-0.4, -0.2) is 40.6 Å². The molecule has 0 aliphatic carbocycles. The number of carboxylic acid groups (broad SMARTS) is 1. The number of nitrogens with zero attached hydrogens (tertiary/aromatic N) is 4. The number of amidine groups is 1. The van der Waals surface area contributed by atoms with E-state index in [0.29, 0.717) is 16.7 Å². The predicted molar refractivity (Wildman–Crippen MR) is 105 cm³/mol. The van der Waals surface area contributed by atoms with Gasteiger partial charge in [0, 0.05) is 0 Å². The number of rotatable bonds is 4. The Labute approximate surface area is 163 Å². The van der Waals surface area contributed by atoms with Crippen LogP contribution in [0, 0.1) is 0 Å². The number of fused-ring (bicyclic) bond motifs is 1. The number of para-hydroxylation sites is 1. The summed E-state index contributed by atoms with van der Waals surface area (Å²) in [4.78, 5) is 20.0. The Bertz CT molecular complexity index is 1210. The number of carbonyl (C=O) groups is 1. The van der Waals surface area contributed by atoms with E-state index < -0.39 is 16.1 Å². The molecule has 0 saturated carbocycles. The molecule has 9 nitrogen and oxygen atoms in total. The van der Waals surface area contributed by atoms with E-state index in [2.05, 4.69) is 15.1 Å². The van der Waals surface area contributed by atoms with Gasteiger partial charge in [-0.2, -0.15) is 13.5 Å². The van der Waals surface area contributed by atoms with Crippen molar-refractivity contribution in [2.75, 3.05) is 5.01 Å². The van der Waals surface area contributed by atoms with Gasteiger partial charge in [0.15, 0.2) is 5.71 Å². The second-order valence-electron chi connectivity index (χ2n) is 5.80. The van der Waals surface area contributed by atoms with Gasteiger partial charge < -0.3 is 5.11 Å². The number of carboxylic acids is 1. The largest absolute Gasteiger partial charge is 0.477 e. The van der Waals surface area contributed by atoms with Crippen LogP contribution < -0.4 is 5.01 Å². The third-order valence-corrected chi connectivity index (χ3v) is 5.72. The van der Waals surface area contributed by atoms with Crippen molar-refractivity contribution in [2.24, 2.45) is 10.1 Å². The SMILES string of the molecule is O=C(O)C1=NN(c2ccc(S(=O)(=O)O)cc2)/C(=N\c2nc3ccccc3s2)C1. The van der Waals surface area contributed by atoms with Gasteiger partial charge in [0.05, 0.1) is 27.2 Å². The highest BCUT2D eigenvalue weighted by Gasteiger charge is 2.28. The molecule has 0 saturated heterocycles. The summed E-state index contributed by atoms with van der Waals surface area (Å²) in [5.41, 5.74) is 1.09. The van der Waals surface area contributed by atoms with Crippen molar-refractivity contribution >= 4 is 60.0 Å². The first kappa shape index (κ1) is 18.2. The molecule has 2 N–H and O–H groups in total. The second kappa shape index (κ2) is 6.78. The van der Waals surface area contributed by atoms with E-state index in [-0.39, 0.29) is 17.0 Å². The molecule has 0 amide bonds. The predicted octanol–water partition coefficient (Wildman–Crippen LogP) is 2.92. The van der Waals surface area contributed by atoms with Crippen LogP contribution in [0.5, 0.6) is 0 Å². The zero-order valence-corrected chi connectivity index (χ0v) is 15.7. The van der Waals surface area contributed by atoms with Gasteiger partial charge in [0.2, 0.25) is 5.13 Å². The molecule has 0 unspecified atom stereocenters. The van der Waals surface area contributed by atoms with E-state index in [1.54, 1.807) is 0 Å². The van der Waals surface area contributed by atoms with E-state index in [4.69, 9.17) is 4.55 Å². The minimum Gasteiger partial charge on any atom is -0.477 e. The number of anilines is 1. The van der Waals surface area contributed by atoms with Crippen molar-refractivity contribution in [1.82, 2.24) is 4.98 Å². The highest BCUT2D eigenvalue weighted by Crippen LogP contribution is 2.30. The van der Waals surface area contributed by atoms with E-state index in [1.165, 1.54) is 40.6 Å². The summed E-state index contributed by atoms with van der Waals surface area (Å²) in [6.45, 7) is 0. The summed E-state index contributed by atoms with van der Waals surface area (Å²) in [6, 6.07) is 12.7. The number of thiazole rings is 1. The maximum atomic E-state index is 11.4. The first-order valence-corrected chi connectivity index (χ1v) is 10.2. The fourth-order valence-corrected chi connectivity index (χ4v) is 3.96. The van der Waals surface area contributed by atoms with Crippen LogP contribution in [0.1, 0.15) is 6.42 Å². The number of hydrogen-bond donors (Lipinski definition) is 2. The molecule has 1 aromatic heterocycles. The Kier molecular flexibility index (Phi) is 4.41.